The predicted octanol–water partition coefficient (Wildman–Crippen LogP) is 4.94. The minimum Gasteiger partial charge on any atom is -0.380 e. The molecule has 5 heteroatoms. The summed E-state index contributed by atoms with van der Waals surface area (Å²) < 4.78 is 0. The Morgan fingerprint density at radius 2 is 1.72 bits per heavy atom. The first-order chi connectivity index (χ1) is 14.3. The lowest BCUT2D eigenvalue weighted by Gasteiger charge is -2.28. The van der Waals surface area contributed by atoms with Crippen LogP contribution in [-0.2, 0) is 6.54 Å². The van der Waals surface area contributed by atoms with Gasteiger partial charge in [-0.25, -0.2) is 0 Å². The van der Waals surface area contributed by atoms with Crippen LogP contribution in [-0.4, -0.2) is 24.0 Å². The number of carbonyl (C=O) groups excluding carboxylic acids is 1. The van der Waals surface area contributed by atoms with E-state index in [2.05, 4.69) is 32.7 Å². The fourth-order valence-corrected chi connectivity index (χ4v) is 3.64. The normalized spacial score (nSPS) is 13.7. The van der Waals surface area contributed by atoms with Crippen LogP contribution in [0.3, 0.4) is 0 Å². The molecule has 0 radical (unpaired) electrons. The Bertz CT molecular complexity index is 935. The Kier molecular flexibility index (Phi) is 6.05. The summed E-state index contributed by atoms with van der Waals surface area (Å²) in [6.45, 7) is 2.84. The minimum absolute atomic E-state index is 0.120. The second-order valence-electron chi connectivity index (χ2n) is 7.31. The van der Waals surface area contributed by atoms with Crippen molar-refractivity contribution in [3.8, 4) is 0 Å². The van der Waals surface area contributed by atoms with Crippen LogP contribution < -0.4 is 15.5 Å². The summed E-state index contributed by atoms with van der Waals surface area (Å²) in [5.74, 6) is -0.120. The molecule has 0 bridgehead atoms. The van der Waals surface area contributed by atoms with Crippen molar-refractivity contribution in [1.82, 2.24) is 4.98 Å². The largest absolute Gasteiger partial charge is 0.380 e. The average Bonchev–Trinajstić information content (AvgIpc) is 2.80. The van der Waals surface area contributed by atoms with Gasteiger partial charge in [0.05, 0.1) is 5.56 Å². The number of nitrogens with one attached hydrogen (secondary N) is 2. The summed E-state index contributed by atoms with van der Waals surface area (Å²) in [5.41, 5.74) is 4.52. The van der Waals surface area contributed by atoms with Gasteiger partial charge in [0.15, 0.2) is 0 Å². The first-order valence-electron chi connectivity index (χ1n) is 10.2. The fraction of sp³-hybridized carbons (Fsp3) is 0.250. The zero-order chi connectivity index (χ0) is 19.9. The predicted molar refractivity (Wildman–Crippen MR) is 118 cm³/mol. The molecule has 4 rings (SSSR count). The minimum atomic E-state index is -0.120. The molecule has 148 valence electrons. The second-order valence-corrected chi connectivity index (χ2v) is 7.31. The molecule has 1 aromatic heterocycles. The van der Waals surface area contributed by atoms with E-state index in [1.165, 1.54) is 24.9 Å². The summed E-state index contributed by atoms with van der Waals surface area (Å²) in [5, 5.41) is 6.36. The molecule has 1 fully saturated rings. The number of rotatable bonds is 6. The maximum atomic E-state index is 12.9. The highest BCUT2D eigenvalue weighted by atomic mass is 16.1. The molecule has 2 aromatic carbocycles. The number of carbonyl (C=O) groups is 1. The van der Waals surface area contributed by atoms with Crippen molar-refractivity contribution in [1.29, 1.82) is 0 Å². The number of aromatic nitrogens is 1. The van der Waals surface area contributed by atoms with Crippen LogP contribution in [0.2, 0.25) is 0 Å². The van der Waals surface area contributed by atoms with E-state index in [4.69, 9.17) is 0 Å². The maximum absolute atomic E-state index is 12.9. The van der Waals surface area contributed by atoms with Gasteiger partial charge in [-0.2, -0.15) is 0 Å². The summed E-state index contributed by atoms with van der Waals surface area (Å²) in [6.07, 6.45) is 7.39. The molecule has 3 aromatic rings. The summed E-state index contributed by atoms with van der Waals surface area (Å²) in [7, 11) is 0. The zero-order valence-corrected chi connectivity index (χ0v) is 16.5. The molecule has 29 heavy (non-hydrogen) atoms. The molecular formula is C24H26N4O. The van der Waals surface area contributed by atoms with Gasteiger partial charge in [-0.3, -0.25) is 9.78 Å². The van der Waals surface area contributed by atoms with Gasteiger partial charge in [0.2, 0.25) is 0 Å². The molecule has 1 amide bonds. The van der Waals surface area contributed by atoms with Gasteiger partial charge in [0.1, 0.15) is 0 Å². The standard InChI is InChI=1S/C24H26N4O/c29-24(27-20-10-12-21(13-11-20)28-15-4-1-5-16-28)22-8-2-3-9-23(22)26-18-19-7-6-14-25-17-19/h2-3,6-14,17,26H,1,4-5,15-16,18H2,(H,27,29). The Balaban J connectivity index is 1.41. The molecule has 0 spiro atoms. The fourth-order valence-electron chi connectivity index (χ4n) is 3.64. The van der Waals surface area contributed by atoms with Gasteiger partial charge < -0.3 is 15.5 Å². The Morgan fingerprint density at radius 1 is 0.931 bits per heavy atom. The lowest BCUT2D eigenvalue weighted by molar-refractivity contribution is 0.102. The molecular weight excluding hydrogens is 360 g/mol. The van der Waals surface area contributed by atoms with Crippen molar-refractivity contribution in [3.63, 3.8) is 0 Å². The van der Waals surface area contributed by atoms with Gasteiger partial charge in [0.25, 0.3) is 5.91 Å². The molecule has 2 heterocycles. The molecule has 0 aliphatic carbocycles. The Morgan fingerprint density at radius 3 is 2.48 bits per heavy atom. The van der Waals surface area contributed by atoms with Gasteiger partial charge in [-0.15, -0.1) is 0 Å². The van der Waals surface area contributed by atoms with Crippen LogP contribution in [0.4, 0.5) is 17.1 Å². The topological polar surface area (TPSA) is 57.3 Å². The van der Waals surface area contributed by atoms with Crippen LogP contribution >= 0.6 is 0 Å². The van der Waals surface area contributed by atoms with Crippen LogP contribution in [0.15, 0.2) is 73.1 Å². The van der Waals surface area contributed by atoms with E-state index < -0.39 is 0 Å². The van der Waals surface area contributed by atoms with Gasteiger partial charge >= 0.3 is 0 Å². The van der Waals surface area contributed by atoms with E-state index in [1.54, 1.807) is 6.20 Å². The Hall–Kier alpha value is -3.34. The average molecular weight is 386 g/mol. The van der Waals surface area contributed by atoms with E-state index in [1.807, 2.05) is 54.7 Å². The van der Waals surface area contributed by atoms with E-state index in [0.29, 0.717) is 12.1 Å². The highest BCUT2D eigenvalue weighted by Crippen LogP contribution is 2.23. The second kappa shape index (κ2) is 9.24. The lowest BCUT2D eigenvalue weighted by atomic mass is 10.1. The van der Waals surface area contributed by atoms with Crippen LogP contribution in [0.1, 0.15) is 35.2 Å². The van der Waals surface area contributed by atoms with E-state index >= 15 is 0 Å². The number of amides is 1. The van der Waals surface area contributed by atoms with Crippen molar-refractivity contribution in [3.05, 3.63) is 84.2 Å². The number of hydrogen-bond acceptors (Lipinski definition) is 4. The monoisotopic (exact) mass is 386 g/mol. The number of para-hydroxylation sites is 1. The van der Waals surface area contributed by atoms with E-state index in [0.717, 1.165) is 30.0 Å². The highest BCUT2D eigenvalue weighted by Gasteiger charge is 2.13. The maximum Gasteiger partial charge on any atom is 0.257 e. The van der Waals surface area contributed by atoms with Crippen LogP contribution in [0.5, 0.6) is 0 Å². The molecule has 1 aliphatic heterocycles. The molecule has 2 N–H and O–H groups in total. The lowest BCUT2D eigenvalue weighted by Crippen LogP contribution is -2.29. The summed E-state index contributed by atoms with van der Waals surface area (Å²) in [6, 6.07) is 19.6. The van der Waals surface area contributed by atoms with Crippen molar-refractivity contribution < 1.29 is 4.79 Å². The number of anilines is 3. The van der Waals surface area contributed by atoms with E-state index in [-0.39, 0.29) is 5.91 Å². The third-order valence-corrected chi connectivity index (χ3v) is 5.22. The molecule has 0 unspecified atom stereocenters. The van der Waals surface area contributed by atoms with Gasteiger partial charge in [-0.05, 0) is 67.3 Å². The van der Waals surface area contributed by atoms with Crippen molar-refractivity contribution in [2.24, 2.45) is 0 Å². The third-order valence-electron chi connectivity index (χ3n) is 5.22. The number of pyridine rings is 1. The quantitative estimate of drug-likeness (QED) is 0.630. The van der Waals surface area contributed by atoms with Crippen LogP contribution in [0.25, 0.3) is 0 Å². The zero-order valence-electron chi connectivity index (χ0n) is 16.5. The molecule has 5 nitrogen and oxygen atoms in total. The molecule has 1 saturated heterocycles. The Labute approximate surface area is 171 Å². The summed E-state index contributed by atoms with van der Waals surface area (Å²) in [4.78, 5) is 19.4. The SMILES string of the molecule is O=C(Nc1ccc(N2CCCCC2)cc1)c1ccccc1NCc1cccnc1. The van der Waals surface area contributed by atoms with Gasteiger partial charge in [-0.1, -0.05) is 18.2 Å². The smallest absolute Gasteiger partial charge is 0.257 e. The van der Waals surface area contributed by atoms with Crippen molar-refractivity contribution >= 4 is 23.0 Å². The van der Waals surface area contributed by atoms with Crippen LogP contribution in [0, 0.1) is 0 Å². The first-order valence-corrected chi connectivity index (χ1v) is 10.2. The highest BCUT2D eigenvalue weighted by molar-refractivity contribution is 6.08. The summed E-state index contributed by atoms with van der Waals surface area (Å²) >= 11 is 0. The van der Waals surface area contributed by atoms with Gasteiger partial charge in [0, 0.05) is 49.1 Å². The third kappa shape index (κ3) is 4.93. The molecule has 0 atom stereocenters. The first kappa shape index (κ1) is 19.0. The van der Waals surface area contributed by atoms with Crippen molar-refractivity contribution in [2.45, 2.75) is 25.8 Å². The number of hydrogen-bond donors (Lipinski definition) is 2. The number of piperidine rings is 1. The number of nitrogens with zero attached hydrogens (tertiary/aromatic N) is 2. The molecule has 0 saturated carbocycles. The molecule has 1 aliphatic rings. The van der Waals surface area contributed by atoms with E-state index in [9.17, 15) is 4.79 Å². The number of benzene rings is 2. The van der Waals surface area contributed by atoms with Crippen molar-refractivity contribution in [2.75, 3.05) is 28.6 Å².